The summed E-state index contributed by atoms with van der Waals surface area (Å²) in [5, 5.41) is 5.75. The highest BCUT2D eigenvalue weighted by atomic mass is 16.3. The highest BCUT2D eigenvalue weighted by Gasteiger charge is 2.32. The first-order valence-electron chi connectivity index (χ1n) is 11.1. The van der Waals surface area contributed by atoms with Crippen LogP contribution in [0.4, 0.5) is 0 Å². The minimum atomic E-state index is -0.735. The Kier molecular flexibility index (Phi) is 8.27. The van der Waals surface area contributed by atoms with Gasteiger partial charge < -0.3 is 20.0 Å². The van der Waals surface area contributed by atoms with Crippen LogP contribution in [0.2, 0.25) is 0 Å². The van der Waals surface area contributed by atoms with E-state index in [1.807, 2.05) is 37.3 Å². The summed E-state index contributed by atoms with van der Waals surface area (Å²) in [6.45, 7) is 2.27. The number of carbonyl (C=O) groups excluding carboxylic acids is 3. The van der Waals surface area contributed by atoms with E-state index >= 15 is 0 Å². The molecule has 166 valence electrons. The second-order valence-electron chi connectivity index (χ2n) is 7.90. The summed E-state index contributed by atoms with van der Waals surface area (Å²) in [5.74, 6) is -0.782. The first kappa shape index (κ1) is 22.6. The first-order chi connectivity index (χ1) is 15.1. The second kappa shape index (κ2) is 11.3. The lowest BCUT2D eigenvalue weighted by Crippen LogP contribution is -2.49. The number of hydrogen-bond donors (Lipinski definition) is 2. The van der Waals surface area contributed by atoms with E-state index in [1.54, 1.807) is 11.0 Å². The van der Waals surface area contributed by atoms with E-state index in [1.165, 1.54) is 12.3 Å². The van der Waals surface area contributed by atoms with Crippen molar-refractivity contribution in [3.8, 4) is 0 Å². The zero-order valence-electron chi connectivity index (χ0n) is 18.0. The van der Waals surface area contributed by atoms with Crippen molar-refractivity contribution in [3.63, 3.8) is 0 Å². The van der Waals surface area contributed by atoms with Crippen molar-refractivity contribution in [1.29, 1.82) is 0 Å². The third-order valence-corrected chi connectivity index (χ3v) is 5.59. The van der Waals surface area contributed by atoms with Crippen molar-refractivity contribution in [2.45, 2.75) is 57.5 Å². The molecule has 0 spiro atoms. The summed E-state index contributed by atoms with van der Waals surface area (Å²) < 4.78 is 5.08. The van der Waals surface area contributed by atoms with Gasteiger partial charge >= 0.3 is 0 Å². The van der Waals surface area contributed by atoms with Crippen LogP contribution in [0.5, 0.6) is 0 Å². The van der Waals surface area contributed by atoms with Gasteiger partial charge in [0.25, 0.3) is 5.91 Å². The molecule has 1 atom stereocenters. The second-order valence-corrected chi connectivity index (χ2v) is 7.90. The summed E-state index contributed by atoms with van der Waals surface area (Å²) >= 11 is 0. The molecular weight excluding hydrogens is 394 g/mol. The Hall–Kier alpha value is -3.09. The smallest absolute Gasteiger partial charge is 0.287 e. The molecule has 3 amide bonds. The van der Waals surface area contributed by atoms with Gasteiger partial charge in [-0.15, -0.1) is 0 Å². The largest absolute Gasteiger partial charge is 0.459 e. The Balaban J connectivity index is 1.78. The fraction of sp³-hybridized carbons (Fsp3) is 0.458. The minimum absolute atomic E-state index is 0.145. The molecule has 0 saturated heterocycles. The van der Waals surface area contributed by atoms with Gasteiger partial charge in [0.15, 0.2) is 5.76 Å². The maximum atomic E-state index is 13.3. The van der Waals surface area contributed by atoms with Crippen molar-refractivity contribution >= 4 is 17.7 Å². The number of nitrogens with one attached hydrogen (secondary N) is 2. The molecule has 1 aliphatic carbocycles. The molecular formula is C24H31N3O4. The molecule has 0 unspecified atom stereocenters. The predicted octanol–water partition coefficient (Wildman–Crippen LogP) is 3.44. The molecule has 31 heavy (non-hydrogen) atoms. The Morgan fingerprint density at radius 2 is 1.84 bits per heavy atom. The lowest BCUT2D eigenvalue weighted by molar-refractivity contribution is -0.140. The SMILES string of the molecule is CCCCN(C(=O)CNC(=O)c1ccco1)[C@@H](C(=O)NC1CCCC1)c1ccccc1. The number of amides is 3. The lowest BCUT2D eigenvalue weighted by Gasteiger charge is -2.32. The molecule has 1 aromatic carbocycles. The van der Waals surface area contributed by atoms with Crippen molar-refractivity contribution in [1.82, 2.24) is 15.5 Å². The Labute approximate surface area is 183 Å². The van der Waals surface area contributed by atoms with Crippen LogP contribution in [0, 0.1) is 0 Å². The number of rotatable bonds is 10. The molecule has 7 nitrogen and oxygen atoms in total. The van der Waals surface area contributed by atoms with E-state index in [-0.39, 0.29) is 30.2 Å². The third-order valence-electron chi connectivity index (χ3n) is 5.59. The third kappa shape index (κ3) is 6.20. The average Bonchev–Trinajstić information content (AvgIpc) is 3.49. The highest BCUT2D eigenvalue weighted by Crippen LogP contribution is 2.24. The van der Waals surface area contributed by atoms with Crippen LogP contribution in [0.25, 0.3) is 0 Å². The maximum Gasteiger partial charge on any atom is 0.287 e. The average molecular weight is 426 g/mol. The van der Waals surface area contributed by atoms with Crippen molar-refractivity contribution in [3.05, 3.63) is 60.1 Å². The zero-order chi connectivity index (χ0) is 22.1. The van der Waals surface area contributed by atoms with Crippen LogP contribution in [-0.4, -0.2) is 41.8 Å². The Morgan fingerprint density at radius 1 is 1.10 bits per heavy atom. The summed E-state index contributed by atoms with van der Waals surface area (Å²) in [6, 6.07) is 11.9. The van der Waals surface area contributed by atoms with Gasteiger partial charge in [-0.25, -0.2) is 0 Å². The lowest BCUT2D eigenvalue weighted by atomic mass is 10.0. The molecule has 0 bridgehead atoms. The molecule has 1 aromatic heterocycles. The van der Waals surface area contributed by atoms with Gasteiger partial charge in [0.2, 0.25) is 11.8 Å². The predicted molar refractivity (Wildman–Crippen MR) is 117 cm³/mol. The summed E-state index contributed by atoms with van der Waals surface area (Å²) in [6.07, 6.45) is 7.20. The van der Waals surface area contributed by atoms with Gasteiger partial charge in [0, 0.05) is 12.6 Å². The maximum absolute atomic E-state index is 13.3. The van der Waals surface area contributed by atoms with Gasteiger partial charge in [-0.3, -0.25) is 14.4 Å². The molecule has 1 aliphatic rings. The van der Waals surface area contributed by atoms with Crippen LogP contribution in [0.15, 0.2) is 53.1 Å². The fourth-order valence-corrected chi connectivity index (χ4v) is 3.94. The quantitative estimate of drug-likeness (QED) is 0.610. The van der Waals surface area contributed by atoms with Gasteiger partial charge in [-0.2, -0.15) is 0 Å². The molecule has 1 heterocycles. The number of carbonyl (C=O) groups is 3. The van der Waals surface area contributed by atoms with Crippen molar-refractivity contribution < 1.29 is 18.8 Å². The van der Waals surface area contributed by atoms with Crippen molar-refractivity contribution in [2.75, 3.05) is 13.1 Å². The summed E-state index contributed by atoms with van der Waals surface area (Å²) in [4.78, 5) is 40.3. The van der Waals surface area contributed by atoms with Gasteiger partial charge in [0.1, 0.15) is 6.04 Å². The van der Waals surface area contributed by atoms with Crippen LogP contribution in [-0.2, 0) is 9.59 Å². The van der Waals surface area contributed by atoms with E-state index in [0.717, 1.165) is 44.1 Å². The van der Waals surface area contributed by atoms with Gasteiger partial charge in [-0.05, 0) is 37.0 Å². The number of unbranched alkanes of at least 4 members (excludes halogenated alkanes) is 1. The van der Waals surface area contributed by atoms with Crippen LogP contribution in [0.1, 0.15) is 67.6 Å². The Morgan fingerprint density at radius 3 is 2.48 bits per heavy atom. The number of hydrogen-bond acceptors (Lipinski definition) is 4. The standard InChI is InChI=1S/C24H31N3O4/c1-2-3-15-27(21(28)17-25-23(29)20-14-9-16-31-20)22(18-10-5-4-6-11-18)24(30)26-19-12-7-8-13-19/h4-6,9-11,14,16,19,22H,2-3,7-8,12-13,15,17H2,1H3,(H,25,29)(H,26,30)/t22-/m1/s1. The number of nitrogens with zero attached hydrogens (tertiary/aromatic N) is 1. The number of furan rings is 1. The molecule has 3 rings (SSSR count). The molecule has 2 aromatic rings. The van der Waals surface area contributed by atoms with E-state index in [2.05, 4.69) is 10.6 Å². The van der Waals surface area contributed by atoms with Crippen LogP contribution < -0.4 is 10.6 Å². The fourth-order valence-electron chi connectivity index (χ4n) is 3.94. The minimum Gasteiger partial charge on any atom is -0.459 e. The van der Waals surface area contributed by atoms with E-state index in [0.29, 0.717) is 6.54 Å². The first-order valence-corrected chi connectivity index (χ1v) is 11.1. The molecule has 1 saturated carbocycles. The van der Waals surface area contributed by atoms with Crippen LogP contribution >= 0.6 is 0 Å². The normalized spacial score (nSPS) is 14.7. The van der Waals surface area contributed by atoms with Gasteiger partial charge in [-0.1, -0.05) is 56.5 Å². The number of benzene rings is 1. The molecule has 2 N–H and O–H groups in total. The zero-order valence-corrected chi connectivity index (χ0v) is 18.0. The highest BCUT2D eigenvalue weighted by molar-refractivity contribution is 5.95. The van der Waals surface area contributed by atoms with E-state index < -0.39 is 11.9 Å². The van der Waals surface area contributed by atoms with E-state index in [4.69, 9.17) is 4.42 Å². The topological polar surface area (TPSA) is 91.7 Å². The summed E-state index contributed by atoms with van der Waals surface area (Å²) in [7, 11) is 0. The molecule has 7 heteroatoms. The van der Waals surface area contributed by atoms with Gasteiger partial charge in [0.05, 0.1) is 12.8 Å². The molecule has 1 fully saturated rings. The monoisotopic (exact) mass is 425 g/mol. The van der Waals surface area contributed by atoms with Crippen LogP contribution in [0.3, 0.4) is 0 Å². The molecule has 0 aliphatic heterocycles. The van der Waals surface area contributed by atoms with E-state index in [9.17, 15) is 14.4 Å². The van der Waals surface area contributed by atoms with Crippen molar-refractivity contribution in [2.24, 2.45) is 0 Å². The summed E-state index contributed by atoms with van der Waals surface area (Å²) in [5.41, 5.74) is 0.764. The molecule has 0 radical (unpaired) electrons. The Bertz CT molecular complexity index is 845.